The van der Waals surface area contributed by atoms with E-state index in [-0.39, 0.29) is 37.0 Å². The summed E-state index contributed by atoms with van der Waals surface area (Å²) in [5.74, 6) is -0.202. The zero-order valence-corrected chi connectivity index (χ0v) is 23.1. The first kappa shape index (κ1) is 27.2. The average Bonchev–Trinajstić information content (AvgIpc) is 3.36. The molecule has 11 nitrogen and oxygen atoms in total. The molecule has 5 rings (SSSR count). The molecule has 39 heavy (non-hydrogen) atoms. The van der Waals surface area contributed by atoms with Crippen molar-refractivity contribution < 1.29 is 18.6 Å². The van der Waals surface area contributed by atoms with Gasteiger partial charge in [-0.1, -0.05) is 12.8 Å². The largest absolute Gasteiger partial charge is 0.460 e. The highest BCUT2D eigenvalue weighted by atomic mass is 32.3. The zero-order chi connectivity index (χ0) is 27.9. The number of pyridine rings is 1. The van der Waals surface area contributed by atoms with E-state index in [2.05, 4.69) is 16.4 Å². The van der Waals surface area contributed by atoms with Crippen LogP contribution in [0.1, 0.15) is 64.5 Å². The van der Waals surface area contributed by atoms with Gasteiger partial charge in [-0.15, -0.1) is 10.8 Å². The van der Waals surface area contributed by atoms with Crippen LogP contribution in [0, 0.1) is 17.2 Å². The number of aromatic amines is 1. The molecule has 2 atom stereocenters. The van der Waals surface area contributed by atoms with Gasteiger partial charge in [0.2, 0.25) is 0 Å². The molecule has 0 saturated heterocycles. The monoisotopic (exact) mass is 554 g/mol. The molecule has 1 saturated carbocycles. The van der Waals surface area contributed by atoms with Gasteiger partial charge in [-0.3, -0.25) is 23.4 Å². The molecule has 208 valence electrons. The van der Waals surface area contributed by atoms with Gasteiger partial charge in [0.25, 0.3) is 5.56 Å². The Morgan fingerprint density at radius 3 is 2.79 bits per heavy atom. The Hall–Kier alpha value is -3.37. The van der Waals surface area contributed by atoms with Crippen LogP contribution in [-0.2, 0) is 16.1 Å². The van der Waals surface area contributed by atoms with Crippen molar-refractivity contribution in [3.8, 4) is 6.07 Å². The number of anilines is 2. The molecule has 1 fully saturated rings. The first-order valence-corrected chi connectivity index (χ1v) is 14.6. The van der Waals surface area contributed by atoms with Gasteiger partial charge < -0.3 is 15.0 Å². The minimum atomic E-state index is -3.24. The van der Waals surface area contributed by atoms with Crippen LogP contribution >= 0.6 is 10.8 Å². The number of ether oxygens (including phenoxy) is 1. The second kappa shape index (κ2) is 10.3. The van der Waals surface area contributed by atoms with Crippen molar-refractivity contribution in [1.82, 2.24) is 19.1 Å². The molecule has 1 aliphatic carbocycles. The van der Waals surface area contributed by atoms with Gasteiger partial charge in [0, 0.05) is 25.0 Å². The van der Waals surface area contributed by atoms with Crippen molar-refractivity contribution in [1.29, 1.82) is 5.26 Å². The number of nitrogens with zero attached hydrogens (tertiary/aromatic N) is 4. The van der Waals surface area contributed by atoms with E-state index in [9.17, 15) is 24.0 Å². The lowest BCUT2D eigenvalue weighted by molar-refractivity contribution is -0.154. The molecular formula is C27H34N6O5S. The first-order chi connectivity index (χ1) is 18.5. The predicted molar refractivity (Wildman–Crippen MR) is 149 cm³/mol. The summed E-state index contributed by atoms with van der Waals surface area (Å²) < 4.78 is 30.5. The molecule has 3 aromatic rings. The van der Waals surface area contributed by atoms with Crippen LogP contribution in [0.2, 0.25) is 0 Å². The fourth-order valence-electron chi connectivity index (χ4n) is 5.41. The number of H-pyrrole nitrogens is 1. The number of rotatable bonds is 6. The van der Waals surface area contributed by atoms with E-state index < -0.39 is 22.3 Å². The lowest BCUT2D eigenvalue weighted by Gasteiger charge is -2.37. The van der Waals surface area contributed by atoms with Crippen LogP contribution in [0.25, 0.3) is 10.9 Å². The quantitative estimate of drug-likeness (QED) is 0.297. The van der Waals surface area contributed by atoms with Crippen LogP contribution in [0.4, 0.5) is 11.5 Å². The Balaban J connectivity index is 1.40. The molecule has 12 heteroatoms. The molecule has 2 unspecified atom stereocenters. The van der Waals surface area contributed by atoms with Gasteiger partial charge in [-0.2, -0.15) is 14.7 Å². The van der Waals surface area contributed by atoms with E-state index in [1.54, 1.807) is 51.2 Å². The Kier molecular flexibility index (Phi) is 7.19. The molecule has 3 heterocycles. The second-order valence-electron chi connectivity index (χ2n) is 11.1. The Labute approximate surface area is 228 Å². The number of aromatic nitrogens is 3. The van der Waals surface area contributed by atoms with Crippen LogP contribution in [0.5, 0.6) is 0 Å². The summed E-state index contributed by atoms with van der Waals surface area (Å²) >= 11 is 0. The van der Waals surface area contributed by atoms with Gasteiger partial charge in [0.05, 0.1) is 34.9 Å². The molecule has 0 amide bonds. The number of esters is 1. The van der Waals surface area contributed by atoms with Crippen molar-refractivity contribution in [2.75, 3.05) is 11.9 Å². The summed E-state index contributed by atoms with van der Waals surface area (Å²) in [5, 5.41) is 18.1. The third-order valence-corrected chi connectivity index (χ3v) is 9.17. The molecule has 2 aromatic heterocycles. The van der Waals surface area contributed by atoms with E-state index in [0.717, 1.165) is 25.7 Å². The van der Waals surface area contributed by atoms with Crippen molar-refractivity contribution in [2.45, 2.75) is 76.0 Å². The molecule has 1 aliphatic heterocycles. The third-order valence-electron chi connectivity index (χ3n) is 7.15. The topological polar surface area (TPSA) is 156 Å². The van der Waals surface area contributed by atoms with Gasteiger partial charge in [0.15, 0.2) is 5.82 Å². The molecule has 2 aliphatic rings. The maximum atomic E-state index is 12.8. The number of carbonyl (C=O) groups is 1. The highest BCUT2D eigenvalue weighted by Crippen LogP contribution is 2.59. The van der Waals surface area contributed by atoms with Crippen molar-refractivity contribution >= 4 is 39.2 Å². The third kappa shape index (κ3) is 5.40. The average molecular weight is 555 g/mol. The standard InChI is InChI=1S/C27H34N6O5S/c1-27(2,3)38-23(34)11-13-32-16-18-14-19(8-9-22(18)39(32,36)37)30-25-24-21(10-12-29-26(24)35)33(31-25)20-7-5-4-6-17(20)15-28/h8-10,12,14,17,20,36-37H,4-7,11,13,16H2,1-3H3,(H,29,35)(H,30,31). The van der Waals surface area contributed by atoms with E-state index in [1.807, 2.05) is 4.68 Å². The number of hydrogen-bond donors (Lipinski definition) is 4. The van der Waals surface area contributed by atoms with Crippen molar-refractivity contribution in [2.24, 2.45) is 5.92 Å². The number of hydrogen-bond acceptors (Lipinski definition) is 9. The molecule has 0 spiro atoms. The predicted octanol–water partition coefficient (Wildman–Crippen LogP) is 5.29. The van der Waals surface area contributed by atoms with Crippen molar-refractivity contribution in [3.05, 3.63) is 46.4 Å². The smallest absolute Gasteiger partial charge is 0.307 e. The van der Waals surface area contributed by atoms with Crippen LogP contribution in [0.3, 0.4) is 0 Å². The summed E-state index contributed by atoms with van der Waals surface area (Å²) in [4.78, 5) is 28.1. The summed E-state index contributed by atoms with van der Waals surface area (Å²) in [7, 11) is -3.24. The zero-order valence-electron chi connectivity index (χ0n) is 22.3. The first-order valence-electron chi connectivity index (χ1n) is 13.1. The van der Waals surface area contributed by atoms with E-state index in [4.69, 9.17) is 9.84 Å². The molecule has 4 N–H and O–H groups in total. The van der Waals surface area contributed by atoms with E-state index in [1.165, 1.54) is 4.31 Å². The van der Waals surface area contributed by atoms with Gasteiger partial charge in [-0.25, -0.2) is 0 Å². The molecular weight excluding hydrogens is 520 g/mol. The highest BCUT2D eigenvalue weighted by Gasteiger charge is 2.36. The molecule has 0 radical (unpaired) electrons. The van der Waals surface area contributed by atoms with Gasteiger partial charge in [-0.05, 0) is 63.4 Å². The number of carbonyl (C=O) groups excluding carboxylic acids is 1. The summed E-state index contributed by atoms with van der Waals surface area (Å²) in [6.45, 7) is 5.75. The van der Waals surface area contributed by atoms with Crippen LogP contribution in [-0.4, -0.2) is 46.3 Å². The Morgan fingerprint density at radius 2 is 2.05 bits per heavy atom. The van der Waals surface area contributed by atoms with E-state index >= 15 is 0 Å². The highest BCUT2D eigenvalue weighted by molar-refractivity contribution is 8.22. The summed E-state index contributed by atoms with van der Waals surface area (Å²) in [5.41, 5.74) is 1.11. The maximum absolute atomic E-state index is 12.8. The fraction of sp³-hybridized carbons (Fsp3) is 0.481. The van der Waals surface area contributed by atoms with Gasteiger partial charge >= 0.3 is 5.97 Å². The summed E-state index contributed by atoms with van der Waals surface area (Å²) in [6, 6.07) is 9.27. The SMILES string of the molecule is CC(C)(C)OC(=O)CCN1Cc2cc(Nc3nn(C4CCCCC4C#N)c4cc[nH]c(=O)c34)ccc2S1(O)O. The minimum Gasteiger partial charge on any atom is -0.460 e. The number of nitriles is 1. The van der Waals surface area contributed by atoms with E-state index in [0.29, 0.717) is 32.9 Å². The Bertz CT molecular complexity index is 1500. The Morgan fingerprint density at radius 1 is 1.28 bits per heavy atom. The van der Waals surface area contributed by atoms with Crippen LogP contribution < -0.4 is 10.9 Å². The number of benzene rings is 1. The molecule has 1 aromatic carbocycles. The number of fused-ring (bicyclic) bond motifs is 2. The lowest BCUT2D eigenvalue weighted by Crippen LogP contribution is -2.28. The second-order valence-corrected chi connectivity index (χ2v) is 13.1. The fourth-order valence-corrected chi connectivity index (χ4v) is 7.08. The number of nitrogens with one attached hydrogen (secondary N) is 2. The van der Waals surface area contributed by atoms with Crippen molar-refractivity contribution in [3.63, 3.8) is 0 Å². The van der Waals surface area contributed by atoms with Gasteiger partial charge in [0.1, 0.15) is 11.0 Å². The lowest BCUT2D eigenvalue weighted by atomic mass is 9.85. The minimum absolute atomic E-state index is 0.0310. The molecule has 0 bridgehead atoms. The summed E-state index contributed by atoms with van der Waals surface area (Å²) in [6.07, 6.45) is 5.24. The maximum Gasteiger partial charge on any atom is 0.307 e. The van der Waals surface area contributed by atoms with Crippen LogP contribution in [0.15, 0.2) is 40.2 Å². The normalized spacial score (nSPS) is 21.7.